The molecular weight excluding hydrogens is 511 g/mol. The molecule has 1 amide bonds. The second-order valence-corrected chi connectivity index (χ2v) is 11.4. The minimum absolute atomic E-state index is 0.0838. The number of para-hydroxylation sites is 1. The number of aromatic nitrogens is 1. The highest BCUT2D eigenvalue weighted by atomic mass is 32.2. The smallest absolute Gasteiger partial charge is 0.264 e. The van der Waals surface area contributed by atoms with Crippen molar-refractivity contribution in [3.8, 4) is 0 Å². The summed E-state index contributed by atoms with van der Waals surface area (Å²) in [6.07, 6.45) is 0. The molecule has 0 aliphatic rings. The van der Waals surface area contributed by atoms with E-state index in [1.165, 1.54) is 59.1 Å². The van der Waals surface area contributed by atoms with Gasteiger partial charge in [0.05, 0.1) is 20.8 Å². The van der Waals surface area contributed by atoms with Crippen LogP contribution in [0.15, 0.2) is 77.7 Å². The molecule has 0 unspecified atom stereocenters. The van der Waals surface area contributed by atoms with Crippen molar-refractivity contribution >= 4 is 48.3 Å². The number of fused-ring (bicyclic) bond motifs is 1. The summed E-state index contributed by atoms with van der Waals surface area (Å²) in [5.74, 6) is -0.659. The van der Waals surface area contributed by atoms with Gasteiger partial charge in [0, 0.05) is 25.7 Å². The lowest BCUT2D eigenvalue weighted by molar-refractivity contribution is 0.0983. The predicted molar refractivity (Wildman–Crippen MR) is 148 cm³/mol. The molecule has 194 valence electrons. The van der Waals surface area contributed by atoms with Gasteiger partial charge < -0.3 is 4.90 Å². The number of anilines is 2. The highest BCUT2D eigenvalue weighted by Gasteiger charge is 2.25. The molecule has 37 heavy (non-hydrogen) atoms. The SMILES string of the molecule is CCN(CC)CCN(C(=O)c1ccc(S(=O)(=O)N(C)c2ccccc2)cc1)c1nc2ccc(F)cc2s1. The van der Waals surface area contributed by atoms with Crippen LogP contribution in [0.5, 0.6) is 0 Å². The van der Waals surface area contributed by atoms with Gasteiger partial charge in [-0.3, -0.25) is 14.0 Å². The van der Waals surface area contributed by atoms with E-state index >= 15 is 0 Å². The number of amides is 1. The quantitative estimate of drug-likeness (QED) is 0.275. The summed E-state index contributed by atoms with van der Waals surface area (Å²) < 4.78 is 41.9. The van der Waals surface area contributed by atoms with Crippen LogP contribution < -0.4 is 9.21 Å². The van der Waals surface area contributed by atoms with Gasteiger partial charge in [0.25, 0.3) is 15.9 Å². The Morgan fingerprint density at radius 1 is 0.946 bits per heavy atom. The first kappa shape index (κ1) is 26.7. The number of thiazole rings is 1. The summed E-state index contributed by atoms with van der Waals surface area (Å²) >= 11 is 1.25. The van der Waals surface area contributed by atoms with Crippen molar-refractivity contribution in [2.24, 2.45) is 0 Å². The van der Waals surface area contributed by atoms with Crippen LogP contribution in [0.2, 0.25) is 0 Å². The van der Waals surface area contributed by atoms with Gasteiger partial charge in [-0.2, -0.15) is 0 Å². The van der Waals surface area contributed by atoms with Gasteiger partial charge in [-0.05, 0) is 67.7 Å². The second-order valence-electron chi connectivity index (χ2n) is 8.42. The van der Waals surface area contributed by atoms with Crippen molar-refractivity contribution in [1.29, 1.82) is 0 Å². The zero-order valence-corrected chi connectivity index (χ0v) is 22.6. The van der Waals surface area contributed by atoms with Crippen molar-refractivity contribution in [1.82, 2.24) is 9.88 Å². The van der Waals surface area contributed by atoms with E-state index in [0.717, 1.165) is 13.1 Å². The Hall–Kier alpha value is -3.34. The normalized spacial score (nSPS) is 11.7. The molecule has 7 nitrogen and oxygen atoms in total. The van der Waals surface area contributed by atoms with E-state index in [-0.39, 0.29) is 16.6 Å². The first-order valence-electron chi connectivity index (χ1n) is 12.0. The Morgan fingerprint density at radius 2 is 1.62 bits per heavy atom. The molecule has 0 saturated heterocycles. The van der Waals surface area contributed by atoms with Gasteiger partial charge in [-0.1, -0.05) is 43.4 Å². The van der Waals surface area contributed by atoms with E-state index in [9.17, 15) is 17.6 Å². The molecule has 1 heterocycles. The number of hydrogen-bond donors (Lipinski definition) is 0. The molecule has 0 aliphatic heterocycles. The highest BCUT2D eigenvalue weighted by Crippen LogP contribution is 2.30. The number of sulfonamides is 1. The maximum atomic E-state index is 13.8. The average Bonchev–Trinajstić information content (AvgIpc) is 3.33. The molecule has 3 aromatic carbocycles. The highest BCUT2D eigenvalue weighted by molar-refractivity contribution is 7.92. The molecule has 0 atom stereocenters. The molecule has 10 heteroatoms. The van der Waals surface area contributed by atoms with E-state index in [2.05, 4.69) is 23.7 Å². The van der Waals surface area contributed by atoms with E-state index in [4.69, 9.17) is 0 Å². The molecule has 0 aliphatic carbocycles. The number of likely N-dealkylation sites (N-methyl/N-ethyl adjacent to an activating group) is 1. The van der Waals surface area contributed by atoms with Gasteiger partial charge in [0.1, 0.15) is 5.82 Å². The van der Waals surface area contributed by atoms with Crippen LogP contribution in [0.3, 0.4) is 0 Å². The van der Waals surface area contributed by atoms with Crippen LogP contribution in [-0.4, -0.2) is 57.4 Å². The Morgan fingerprint density at radius 3 is 2.27 bits per heavy atom. The molecule has 4 aromatic rings. The van der Waals surface area contributed by atoms with Crippen molar-refractivity contribution in [2.45, 2.75) is 18.7 Å². The summed E-state index contributed by atoms with van der Waals surface area (Å²) in [5, 5.41) is 0.471. The molecule has 0 radical (unpaired) electrons. The van der Waals surface area contributed by atoms with E-state index in [1.807, 2.05) is 6.07 Å². The molecule has 0 saturated carbocycles. The summed E-state index contributed by atoms with van der Waals surface area (Å²) in [6.45, 7) is 6.82. The maximum Gasteiger partial charge on any atom is 0.264 e. The standard InChI is InChI=1S/C27H29FN4O3S2/c1-4-31(5-2)17-18-32(27-29-24-16-13-21(28)19-25(24)36-27)26(33)20-11-14-23(15-12-20)37(34,35)30(3)22-9-7-6-8-10-22/h6-16,19H,4-5,17-18H2,1-3H3. The third kappa shape index (κ3) is 5.82. The lowest BCUT2D eigenvalue weighted by Crippen LogP contribution is -2.38. The maximum absolute atomic E-state index is 13.8. The number of rotatable bonds is 10. The molecule has 0 bridgehead atoms. The van der Waals surface area contributed by atoms with Crippen LogP contribution >= 0.6 is 11.3 Å². The fraction of sp³-hybridized carbons (Fsp3) is 0.259. The summed E-state index contributed by atoms with van der Waals surface area (Å²) in [4.78, 5) is 22.1. The molecule has 4 rings (SSSR count). The Kier molecular flexibility index (Phi) is 8.21. The fourth-order valence-corrected chi connectivity index (χ4v) is 6.14. The van der Waals surface area contributed by atoms with Crippen molar-refractivity contribution in [2.75, 3.05) is 42.4 Å². The van der Waals surface area contributed by atoms with Crippen LogP contribution in [0.25, 0.3) is 10.2 Å². The topological polar surface area (TPSA) is 73.8 Å². The second kappa shape index (κ2) is 11.4. The monoisotopic (exact) mass is 540 g/mol. The van der Waals surface area contributed by atoms with Crippen LogP contribution in [0.1, 0.15) is 24.2 Å². The van der Waals surface area contributed by atoms with Gasteiger partial charge in [0.15, 0.2) is 5.13 Å². The lowest BCUT2D eigenvalue weighted by atomic mass is 10.2. The third-order valence-corrected chi connectivity index (χ3v) is 9.07. The van der Waals surface area contributed by atoms with Crippen LogP contribution in [0.4, 0.5) is 15.2 Å². The Balaban J connectivity index is 1.63. The zero-order valence-electron chi connectivity index (χ0n) is 21.0. The van der Waals surface area contributed by atoms with E-state index < -0.39 is 10.0 Å². The lowest BCUT2D eigenvalue weighted by Gasteiger charge is -2.25. The third-order valence-electron chi connectivity index (χ3n) is 6.23. The molecule has 0 N–H and O–H groups in total. The molecule has 1 aromatic heterocycles. The van der Waals surface area contributed by atoms with E-state index in [1.54, 1.807) is 35.2 Å². The number of hydrogen-bond acceptors (Lipinski definition) is 6. The predicted octanol–water partition coefficient (Wildman–Crippen LogP) is 5.25. The van der Waals surface area contributed by atoms with Crippen LogP contribution in [0, 0.1) is 5.82 Å². The number of carbonyl (C=O) groups is 1. The average molecular weight is 541 g/mol. The van der Waals surface area contributed by atoms with Crippen LogP contribution in [-0.2, 0) is 10.0 Å². The molecule has 0 spiro atoms. The van der Waals surface area contributed by atoms with Crippen molar-refractivity contribution in [3.05, 3.63) is 84.2 Å². The van der Waals surface area contributed by atoms with Gasteiger partial charge in [-0.25, -0.2) is 17.8 Å². The van der Waals surface area contributed by atoms with E-state index in [0.29, 0.717) is 39.7 Å². The Labute approximate surface area is 220 Å². The first-order chi connectivity index (χ1) is 17.7. The minimum Gasteiger partial charge on any atom is -0.302 e. The zero-order chi connectivity index (χ0) is 26.6. The number of benzene rings is 3. The summed E-state index contributed by atoms with van der Waals surface area (Å²) in [5.41, 5.74) is 1.50. The molecule has 0 fully saturated rings. The van der Waals surface area contributed by atoms with Crippen molar-refractivity contribution < 1.29 is 17.6 Å². The van der Waals surface area contributed by atoms with Crippen molar-refractivity contribution in [3.63, 3.8) is 0 Å². The number of nitrogens with zero attached hydrogens (tertiary/aromatic N) is 4. The number of carbonyl (C=O) groups excluding carboxylic acids is 1. The number of halogens is 1. The van der Waals surface area contributed by atoms with Gasteiger partial charge in [0.2, 0.25) is 0 Å². The molecular formula is C27H29FN4O3S2. The largest absolute Gasteiger partial charge is 0.302 e. The summed E-state index contributed by atoms with van der Waals surface area (Å²) in [7, 11) is -2.31. The Bertz CT molecular complexity index is 1470. The summed E-state index contributed by atoms with van der Waals surface area (Å²) in [6, 6.07) is 19.1. The fourth-order valence-electron chi connectivity index (χ4n) is 3.93. The minimum atomic E-state index is -3.80. The van der Waals surface area contributed by atoms with Gasteiger partial charge >= 0.3 is 0 Å². The first-order valence-corrected chi connectivity index (χ1v) is 14.2. The van der Waals surface area contributed by atoms with Gasteiger partial charge in [-0.15, -0.1) is 0 Å².